The molecule has 0 spiro atoms. The second kappa shape index (κ2) is 20.4. The van der Waals surface area contributed by atoms with Gasteiger partial charge in [0.15, 0.2) is 0 Å². The Morgan fingerprint density at radius 3 is 0.938 bits per heavy atom. The SMILES string of the molecule is CC.CC.CCC(C)(C)CC.CCC(C)C. The standard InChI is InChI=1S/C7H16.C5H12.2C2H6/c1-5-7(3,4)6-2;1-4-5(2)3;2*1-2/h5-6H2,1-4H3;5H,4H2,1-3H3;2*1-2H3. The van der Waals surface area contributed by atoms with Crippen LogP contribution >= 0.6 is 0 Å². The highest BCUT2D eigenvalue weighted by Gasteiger charge is 2.09. The number of hydrogen-bond acceptors (Lipinski definition) is 0. The van der Waals surface area contributed by atoms with Crippen molar-refractivity contribution in [3.63, 3.8) is 0 Å². The molecule has 0 saturated heterocycles. The fraction of sp³-hybridized carbons (Fsp3) is 1.00. The molecule has 0 aromatic rings. The molecule has 0 rings (SSSR count). The van der Waals surface area contributed by atoms with Gasteiger partial charge in [-0.05, 0) is 11.3 Å². The van der Waals surface area contributed by atoms with Crippen LogP contribution in [-0.4, -0.2) is 0 Å². The lowest BCUT2D eigenvalue weighted by Crippen LogP contribution is -2.05. The van der Waals surface area contributed by atoms with Crippen molar-refractivity contribution in [2.24, 2.45) is 11.3 Å². The summed E-state index contributed by atoms with van der Waals surface area (Å²) in [6.45, 7) is 23.7. The molecule has 0 heterocycles. The highest BCUT2D eigenvalue weighted by atomic mass is 14.1. The minimum absolute atomic E-state index is 0.583. The summed E-state index contributed by atoms with van der Waals surface area (Å²) in [5, 5.41) is 0. The van der Waals surface area contributed by atoms with Crippen LogP contribution in [-0.2, 0) is 0 Å². The largest absolute Gasteiger partial charge is 0.0683 e. The van der Waals surface area contributed by atoms with Crippen molar-refractivity contribution in [1.82, 2.24) is 0 Å². The predicted molar refractivity (Wildman–Crippen MR) is 82.2 cm³/mol. The van der Waals surface area contributed by atoms with Crippen LogP contribution in [0.3, 0.4) is 0 Å². The van der Waals surface area contributed by atoms with Crippen molar-refractivity contribution >= 4 is 0 Å². The minimum atomic E-state index is 0.583. The average molecular weight is 232 g/mol. The molecule has 0 aliphatic rings. The van der Waals surface area contributed by atoms with Gasteiger partial charge in [-0.1, -0.05) is 95.4 Å². The smallest absolute Gasteiger partial charge is 0.0359 e. The van der Waals surface area contributed by atoms with E-state index in [4.69, 9.17) is 0 Å². The van der Waals surface area contributed by atoms with E-state index in [1.807, 2.05) is 27.7 Å². The molecule has 0 nitrogen and oxygen atoms in total. The van der Waals surface area contributed by atoms with Gasteiger partial charge in [0, 0.05) is 0 Å². The summed E-state index contributed by atoms with van der Waals surface area (Å²) in [6.07, 6.45) is 3.90. The fourth-order valence-corrected chi connectivity index (χ4v) is 0.250. The molecule has 0 fully saturated rings. The molecule has 0 unspecified atom stereocenters. The molecule has 0 amide bonds. The van der Waals surface area contributed by atoms with Crippen LogP contribution in [0.5, 0.6) is 0 Å². The summed E-state index contributed by atoms with van der Waals surface area (Å²) in [4.78, 5) is 0. The van der Waals surface area contributed by atoms with Gasteiger partial charge < -0.3 is 0 Å². The minimum Gasteiger partial charge on any atom is -0.0683 e. The Kier molecular flexibility index (Phi) is 31.9. The number of rotatable bonds is 3. The van der Waals surface area contributed by atoms with Crippen molar-refractivity contribution in [3.05, 3.63) is 0 Å². The highest BCUT2D eigenvalue weighted by molar-refractivity contribution is 4.61. The lowest BCUT2D eigenvalue weighted by molar-refractivity contribution is 0.338. The topological polar surface area (TPSA) is 0 Å². The zero-order valence-electron chi connectivity index (χ0n) is 14.2. The van der Waals surface area contributed by atoms with Gasteiger partial charge in [0.2, 0.25) is 0 Å². The molecule has 0 aromatic carbocycles. The Balaban J connectivity index is -0.0000000704. The van der Waals surface area contributed by atoms with E-state index in [-0.39, 0.29) is 0 Å². The van der Waals surface area contributed by atoms with Crippen LogP contribution in [0, 0.1) is 11.3 Å². The first-order valence-electron chi connectivity index (χ1n) is 7.39. The molecular formula is C16H40. The molecular weight excluding hydrogens is 192 g/mol. The third kappa shape index (κ3) is 37.0. The van der Waals surface area contributed by atoms with Gasteiger partial charge in [-0.25, -0.2) is 0 Å². The van der Waals surface area contributed by atoms with Gasteiger partial charge in [-0.3, -0.25) is 0 Å². The van der Waals surface area contributed by atoms with Crippen LogP contribution in [0.25, 0.3) is 0 Å². The quantitative estimate of drug-likeness (QED) is 0.494. The van der Waals surface area contributed by atoms with Crippen LogP contribution < -0.4 is 0 Å². The number of hydrogen-bond donors (Lipinski definition) is 0. The molecule has 16 heavy (non-hydrogen) atoms. The monoisotopic (exact) mass is 232 g/mol. The fourth-order valence-electron chi connectivity index (χ4n) is 0.250. The Morgan fingerprint density at radius 2 is 0.938 bits per heavy atom. The van der Waals surface area contributed by atoms with Gasteiger partial charge >= 0.3 is 0 Å². The summed E-state index contributed by atoms with van der Waals surface area (Å²) in [5.41, 5.74) is 0.583. The molecule has 0 aromatic heterocycles. The maximum Gasteiger partial charge on any atom is -0.0359 e. The van der Waals surface area contributed by atoms with Crippen molar-refractivity contribution in [1.29, 1.82) is 0 Å². The Morgan fingerprint density at radius 1 is 0.750 bits per heavy atom. The maximum absolute atomic E-state index is 2.30. The van der Waals surface area contributed by atoms with Crippen molar-refractivity contribution in [2.45, 2.75) is 95.4 Å². The highest BCUT2D eigenvalue weighted by Crippen LogP contribution is 2.22. The lowest BCUT2D eigenvalue weighted by Gasteiger charge is -2.18. The summed E-state index contributed by atoms with van der Waals surface area (Å²) in [7, 11) is 0. The molecule has 104 valence electrons. The van der Waals surface area contributed by atoms with Crippen molar-refractivity contribution < 1.29 is 0 Å². The van der Waals surface area contributed by atoms with E-state index >= 15 is 0 Å². The summed E-state index contributed by atoms with van der Waals surface area (Å²) in [5.74, 6) is 0.884. The summed E-state index contributed by atoms with van der Waals surface area (Å²) in [6, 6.07) is 0. The van der Waals surface area contributed by atoms with Gasteiger partial charge in [-0.2, -0.15) is 0 Å². The van der Waals surface area contributed by atoms with Gasteiger partial charge in [0.25, 0.3) is 0 Å². The van der Waals surface area contributed by atoms with E-state index in [0.717, 1.165) is 5.92 Å². The second-order valence-electron chi connectivity index (χ2n) is 4.67. The second-order valence-corrected chi connectivity index (χ2v) is 4.67. The van der Waals surface area contributed by atoms with E-state index in [2.05, 4.69) is 48.5 Å². The third-order valence-electron chi connectivity index (χ3n) is 2.73. The van der Waals surface area contributed by atoms with E-state index < -0.39 is 0 Å². The maximum atomic E-state index is 2.30. The van der Waals surface area contributed by atoms with E-state index in [1.54, 1.807) is 0 Å². The third-order valence-corrected chi connectivity index (χ3v) is 2.73. The molecule has 0 aliphatic carbocycles. The Labute approximate surface area is 107 Å². The molecule has 0 aliphatic heterocycles. The first kappa shape index (κ1) is 25.0. The lowest BCUT2D eigenvalue weighted by atomic mass is 9.88. The first-order valence-corrected chi connectivity index (χ1v) is 7.39. The Bertz CT molecular complexity index is 74.0. The van der Waals surface area contributed by atoms with E-state index in [1.165, 1.54) is 19.3 Å². The van der Waals surface area contributed by atoms with Gasteiger partial charge in [0.1, 0.15) is 0 Å². The molecule has 0 saturated carbocycles. The van der Waals surface area contributed by atoms with Gasteiger partial charge in [0.05, 0.1) is 0 Å². The van der Waals surface area contributed by atoms with E-state index in [0.29, 0.717) is 5.41 Å². The molecule has 0 bridgehead atoms. The van der Waals surface area contributed by atoms with Crippen molar-refractivity contribution in [3.8, 4) is 0 Å². The molecule has 0 atom stereocenters. The predicted octanol–water partition coefficient (Wildman–Crippen LogP) is 6.94. The summed E-state index contributed by atoms with van der Waals surface area (Å²) >= 11 is 0. The van der Waals surface area contributed by atoms with Crippen LogP contribution in [0.15, 0.2) is 0 Å². The zero-order chi connectivity index (χ0) is 14.2. The van der Waals surface area contributed by atoms with Crippen LogP contribution in [0.2, 0.25) is 0 Å². The molecule has 0 radical (unpaired) electrons. The Hall–Kier alpha value is 0. The zero-order valence-corrected chi connectivity index (χ0v) is 14.2. The van der Waals surface area contributed by atoms with Gasteiger partial charge in [-0.15, -0.1) is 0 Å². The van der Waals surface area contributed by atoms with Crippen LogP contribution in [0.1, 0.15) is 95.4 Å². The summed E-state index contributed by atoms with van der Waals surface area (Å²) < 4.78 is 0. The van der Waals surface area contributed by atoms with Crippen molar-refractivity contribution in [2.75, 3.05) is 0 Å². The molecule has 0 N–H and O–H groups in total. The molecule has 0 heteroatoms. The normalized spacial score (nSPS) is 9.00. The average Bonchev–Trinajstić information content (AvgIpc) is 2.35. The first-order chi connectivity index (χ1) is 7.39. The van der Waals surface area contributed by atoms with E-state index in [9.17, 15) is 0 Å². The van der Waals surface area contributed by atoms with Crippen LogP contribution in [0.4, 0.5) is 0 Å².